The van der Waals surface area contributed by atoms with Gasteiger partial charge in [-0.2, -0.15) is 0 Å². The highest BCUT2D eigenvalue weighted by Gasteiger charge is 2.39. The van der Waals surface area contributed by atoms with Gasteiger partial charge in [-0.05, 0) is 54.4 Å². The molecule has 0 nitrogen and oxygen atoms in total. The van der Waals surface area contributed by atoms with Gasteiger partial charge in [-0.1, -0.05) is 114 Å². The lowest BCUT2D eigenvalue weighted by molar-refractivity contribution is 0.508. The van der Waals surface area contributed by atoms with Crippen LogP contribution in [-0.2, 0) is 6.42 Å². The first kappa shape index (κ1) is 22.9. The molecule has 1 aromatic carbocycles. The summed E-state index contributed by atoms with van der Waals surface area (Å²) >= 11 is 0. The molecule has 0 radical (unpaired) electrons. The van der Waals surface area contributed by atoms with Crippen molar-refractivity contribution < 1.29 is 0 Å². The largest absolute Gasteiger partial charge is 0.0986 e. The van der Waals surface area contributed by atoms with Gasteiger partial charge in [-0.25, -0.2) is 0 Å². The van der Waals surface area contributed by atoms with Crippen molar-refractivity contribution in [1.82, 2.24) is 0 Å². The van der Waals surface area contributed by atoms with Crippen LogP contribution in [-0.4, -0.2) is 0 Å². The zero-order chi connectivity index (χ0) is 21.8. The number of hydrogen-bond donors (Lipinski definition) is 0. The second-order valence-corrected chi connectivity index (χ2v) is 9.47. The molecule has 0 N–H and O–H groups in total. The minimum Gasteiger partial charge on any atom is -0.0986 e. The molecule has 1 fully saturated rings. The predicted molar refractivity (Wildman–Crippen MR) is 133 cm³/mol. The molecular weight excluding hydrogens is 360 g/mol. The van der Waals surface area contributed by atoms with Crippen LogP contribution in [0.15, 0.2) is 71.4 Å². The van der Waals surface area contributed by atoms with Gasteiger partial charge >= 0.3 is 0 Å². The second-order valence-electron chi connectivity index (χ2n) is 9.47. The Bertz CT molecular complexity index is 823. The Labute approximate surface area is 185 Å². The number of benzene rings is 1. The van der Waals surface area contributed by atoms with E-state index in [1.807, 2.05) is 13.8 Å². The molecule has 0 heterocycles. The average molecular weight is 403 g/mol. The molecule has 1 saturated carbocycles. The molecule has 0 bridgehead atoms. The standard InChI is InChI=1S/C28H36.C2H6/c1-6-25-19(3)20(4)26-17-24(15-22-9-7-8-10-22)27(28(26)21(25)5)16-23-13-11-18(2)12-14-23;1-2/h11-14,17,20,22,25,27H,3,5-10,15-16H2,1-2,4H3;1-2H3. The Morgan fingerprint density at radius 3 is 2.17 bits per heavy atom. The molecule has 0 heteroatoms. The third-order valence-electron chi connectivity index (χ3n) is 7.65. The van der Waals surface area contributed by atoms with Crippen LogP contribution in [0.25, 0.3) is 0 Å². The first-order valence-electron chi connectivity index (χ1n) is 12.4. The second kappa shape index (κ2) is 9.99. The Morgan fingerprint density at radius 2 is 1.57 bits per heavy atom. The van der Waals surface area contributed by atoms with Gasteiger partial charge in [0.05, 0.1) is 0 Å². The molecule has 3 unspecified atom stereocenters. The fourth-order valence-corrected chi connectivity index (χ4v) is 5.90. The van der Waals surface area contributed by atoms with Crippen molar-refractivity contribution in [3.63, 3.8) is 0 Å². The molecule has 3 atom stereocenters. The van der Waals surface area contributed by atoms with Crippen LogP contribution < -0.4 is 0 Å². The van der Waals surface area contributed by atoms with Gasteiger partial charge in [-0.3, -0.25) is 0 Å². The first-order valence-corrected chi connectivity index (χ1v) is 12.4. The lowest BCUT2D eigenvalue weighted by Crippen LogP contribution is -2.23. The van der Waals surface area contributed by atoms with Crippen LogP contribution >= 0.6 is 0 Å². The van der Waals surface area contributed by atoms with Crippen molar-refractivity contribution in [2.45, 2.75) is 79.6 Å². The van der Waals surface area contributed by atoms with Crippen molar-refractivity contribution in [3.05, 3.63) is 82.5 Å². The summed E-state index contributed by atoms with van der Waals surface area (Å²) in [6.07, 6.45) is 11.8. The molecule has 0 aliphatic heterocycles. The molecule has 3 aliphatic carbocycles. The van der Waals surface area contributed by atoms with Crippen molar-refractivity contribution in [3.8, 4) is 0 Å². The first-order chi connectivity index (χ1) is 14.5. The highest BCUT2D eigenvalue weighted by atomic mass is 14.4. The number of allylic oxidation sites excluding steroid dienone is 6. The maximum atomic E-state index is 4.61. The summed E-state index contributed by atoms with van der Waals surface area (Å²) in [5, 5.41) is 0. The highest BCUT2D eigenvalue weighted by molar-refractivity contribution is 5.59. The van der Waals surface area contributed by atoms with Crippen LogP contribution in [0.4, 0.5) is 0 Å². The Balaban J connectivity index is 0.00000124. The fraction of sp³-hybridized carbons (Fsp3) is 0.533. The van der Waals surface area contributed by atoms with E-state index in [2.05, 4.69) is 64.3 Å². The molecule has 0 amide bonds. The van der Waals surface area contributed by atoms with E-state index >= 15 is 0 Å². The Kier molecular flexibility index (Phi) is 7.61. The summed E-state index contributed by atoms with van der Waals surface area (Å²) in [6, 6.07) is 9.17. The minimum absolute atomic E-state index is 0.452. The number of rotatable bonds is 5. The summed E-state index contributed by atoms with van der Waals surface area (Å²) in [5.41, 5.74) is 10.3. The third kappa shape index (κ3) is 4.43. The highest BCUT2D eigenvalue weighted by Crippen LogP contribution is 2.52. The molecular formula is C30H42. The smallest absolute Gasteiger partial charge is 0.00975 e. The van der Waals surface area contributed by atoms with E-state index in [1.54, 1.807) is 11.1 Å². The summed E-state index contributed by atoms with van der Waals surface area (Å²) in [6.45, 7) is 19.9. The quantitative estimate of drug-likeness (QED) is 0.432. The van der Waals surface area contributed by atoms with Crippen molar-refractivity contribution in [2.24, 2.45) is 23.7 Å². The topological polar surface area (TPSA) is 0 Å². The van der Waals surface area contributed by atoms with Crippen molar-refractivity contribution in [1.29, 1.82) is 0 Å². The van der Waals surface area contributed by atoms with Gasteiger partial charge in [0.1, 0.15) is 0 Å². The van der Waals surface area contributed by atoms with Crippen LogP contribution in [0.5, 0.6) is 0 Å². The van der Waals surface area contributed by atoms with E-state index in [9.17, 15) is 0 Å². The van der Waals surface area contributed by atoms with E-state index < -0.39 is 0 Å². The summed E-state index contributed by atoms with van der Waals surface area (Å²) in [5.74, 6) is 2.33. The molecule has 3 aliphatic rings. The van der Waals surface area contributed by atoms with Crippen LogP contribution in [0.1, 0.15) is 77.3 Å². The van der Waals surface area contributed by atoms with E-state index in [-0.39, 0.29) is 0 Å². The van der Waals surface area contributed by atoms with Crippen molar-refractivity contribution in [2.75, 3.05) is 0 Å². The lowest BCUT2D eigenvalue weighted by Gasteiger charge is -2.35. The summed E-state index contributed by atoms with van der Waals surface area (Å²) in [7, 11) is 0. The third-order valence-corrected chi connectivity index (χ3v) is 7.65. The number of hydrogen-bond acceptors (Lipinski definition) is 0. The molecule has 0 saturated heterocycles. The van der Waals surface area contributed by atoms with E-state index in [0.29, 0.717) is 17.8 Å². The lowest BCUT2D eigenvalue weighted by atomic mass is 9.69. The van der Waals surface area contributed by atoms with Gasteiger partial charge in [0.2, 0.25) is 0 Å². The molecule has 0 spiro atoms. The van der Waals surface area contributed by atoms with E-state index in [0.717, 1.165) is 18.8 Å². The maximum absolute atomic E-state index is 4.61. The monoisotopic (exact) mass is 402 g/mol. The molecule has 4 rings (SSSR count). The van der Waals surface area contributed by atoms with E-state index in [4.69, 9.17) is 0 Å². The maximum Gasteiger partial charge on any atom is 0.00975 e. The normalized spacial score (nSPS) is 26.4. The van der Waals surface area contributed by atoms with Gasteiger partial charge in [-0.15, -0.1) is 0 Å². The average Bonchev–Trinajstić information content (AvgIpc) is 3.39. The molecule has 162 valence electrons. The van der Waals surface area contributed by atoms with E-state index in [1.165, 1.54) is 60.0 Å². The molecule has 30 heavy (non-hydrogen) atoms. The van der Waals surface area contributed by atoms with Gasteiger partial charge in [0.15, 0.2) is 0 Å². The molecule has 1 aromatic rings. The van der Waals surface area contributed by atoms with Crippen molar-refractivity contribution >= 4 is 0 Å². The fourth-order valence-electron chi connectivity index (χ4n) is 5.90. The zero-order valence-electron chi connectivity index (χ0n) is 20.1. The van der Waals surface area contributed by atoms with Gasteiger partial charge in [0, 0.05) is 17.8 Å². The van der Waals surface area contributed by atoms with Crippen LogP contribution in [0, 0.1) is 30.6 Å². The minimum atomic E-state index is 0.452. The van der Waals surface area contributed by atoms with Gasteiger partial charge in [0.25, 0.3) is 0 Å². The Hall–Kier alpha value is -1.82. The van der Waals surface area contributed by atoms with Crippen LogP contribution in [0.3, 0.4) is 0 Å². The summed E-state index contributed by atoms with van der Waals surface area (Å²) in [4.78, 5) is 0. The van der Waals surface area contributed by atoms with Gasteiger partial charge < -0.3 is 0 Å². The molecule has 0 aromatic heterocycles. The SMILES string of the molecule is C=C1C2=C(C=C(CC3CCCC3)C2Cc2ccc(C)cc2)C(C)C(=C)C1CC.CC. The predicted octanol–water partition coefficient (Wildman–Crippen LogP) is 8.79. The zero-order valence-corrected chi connectivity index (χ0v) is 20.1. The summed E-state index contributed by atoms with van der Waals surface area (Å²) < 4.78 is 0. The Morgan fingerprint density at radius 1 is 0.933 bits per heavy atom. The number of aryl methyl sites for hydroxylation is 1. The van der Waals surface area contributed by atoms with Crippen LogP contribution in [0.2, 0.25) is 0 Å².